The van der Waals surface area contributed by atoms with Crippen LogP contribution in [-0.4, -0.2) is 16.6 Å². The average Bonchev–Trinajstić information content (AvgIpc) is 2.23. The SMILES string of the molecule is C=CCCCOc1cc(Br)nc(CC)n1. The van der Waals surface area contributed by atoms with Gasteiger partial charge in [0.25, 0.3) is 0 Å². The zero-order valence-corrected chi connectivity index (χ0v) is 10.5. The van der Waals surface area contributed by atoms with Crippen molar-refractivity contribution in [1.29, 1.82) is 0 Å². The molecule has 0 fully saturated rings. The van der Waals surface area contributed by atoms with Crippen molar-refractivity contribution in [3.8, 4) is 5.88 Å². The maximum absolute atomic E-state index is 5.50. The Bertz CT molecular complexity index is 328. The van der Waals surface area contributed by atoms with Gasteiger partial charge in [-0.3, -0.25) is 0 Å². The number of rotatable bonds is 6. The van der Waals surface area contributed by atoms with Gasteiger partial charge < -0.3 is 4.74 Å². The molecule has 15 heavy (non-hydrogen) atoms. The van der Waals surface area contributed by atoms with Crippen molar-refractivity contribution in [2.45, 2.75) is 26.2 Å². The summed E-state index contributed by atoms with van der Waals surface area (Å²) < 4.78 is 6.27. The van der Waals surface area contributed by atoms with Crippen molar-refractivity contribution in [3.05, 3.63) is 29.1 Å². The molecule has 0 N–H and O–H groups in total. The fourth-order valence-electron chi connectivity index (χ4n) is 1.08. The Labute approximate surface area is 98.7 Å². The third-order valence-corrected chi connectivity index (χ3v) is 2.24. The average molecular weight is 271 g/mol. The van der Waals surface area contributed by atoms with Gasteiger partial charge in [-0.15, -0.1) is 6.58 Å². The fourth-order valence-corrected chi connectivity index (χ4v) is 1.48. The predicted octanol–water partition coefficient (Wildman–Crippen LogP) is 3.15. The monoisotopic (exact) mass is 270 g/mol. The molecule has 0 atom stereocenters. The van der Waals surface area contributed by atoms with E-state index in [1.165, 1.54) is 0 Å². The van der Waals surface area contributed by atoms with Crippen LogP contribution in [0.25, 0.3) is 0 Å². The molecule has 3 nitrogen and oxygen atoms in total. The number of halogens is 1. The van der Waals surface area contributed by atoms with Crippen LogP contribution in [0.4, 0.5) is 0 Å². The van der Waals surface area contributed by atoms with Crippen molar-refractivity contribution in [2.75, 3.05) is 6.61 Å². The zero-order chi connectivity index (χ0) is 11.1. The molecule has 0 saturated carbocycles. The van der Waals surface area contributed by atoms with Crippen molar-refractivity contribution in [1.82, 2.24) is 9.97 Å². The van der Waals surface area contributed by atoms with E-state index in [2.05, 4.69) is 32.5 Å². The summed E-state index contributed by atoms with van der Waals surface area (Å²) in [5.41, 5.74) is 0. The molecule has 0 amide bonds. The Morgan fingerprint density at radius 1 is 1.53 bits per heavy atom. The molecular weight excluding hydrogens is 256 g/mol. The topological polar surface area (TPSA) is 35.0 Å². The minimum atomic E-state index is 0.637. The first-order valence-corrected chi connectivity index (χ1v) is 5.82. The molecule has 0 aliphatic heterocycles. The molecule has 1 heterocycles. The molecule has 0 unspecified atom stereocenters. The van der Waals surface area contributed by atoms with E-state index in [4.69, 9.17) is 4.74 Å². The molecule has 4 heteroatoms. The quantitative estimate of drug-likeness (QED) is 0.453. The van der Waals surface area contributed by atoms with E-state index in [9.17, 15) is 0 Å². The van der Waals surface area contributed by atoms with Gasteiger partial charge in [0.05, 0.1) is 6.61 Å². The molecule has 0 aliphatic carbocycles. The second kappa shape index (κ2) is 6.56. The highest BCUT2D eigenvalue weighted by Crippen LogP contribution is 2.14. The van der Waals surface area contributed by atoms with Gasteiger partial charge in [0.1, 0.15) is 10.4 Å². The Balaban J connectivity index is 2.52. The van der Waals surface area contributed by atoms with Crippen LogP contribution in [0.3, 0.4) is 0 Å². The molecule has 1 aromatic rings. The highest BCUT2D eigenvalue weighted by Gasteiger charge is 2.01. The molecule has 0 saturated heterocycles. The van der Waals surface area contributed by atoms with E-state index in [-0.39, 0.29) is 0 Å². The lowest BCUT2D eigenvalue weighted by Gasteiger charge is -2.05. The Morgan fingerprint density at radius 3 is 3.00 bits per heavy atom. The lowest BCUT2D eigenvalue weighted by atomic mass is 10.3. The highest BCUT2D eigenvalue weighted by atomic mass is 79.9. The molecule has 82 valence electrons. The van der Waals surface area contributed by atoms with Gasteiger partial charge in [0.2, 0.25) is 5.88 Å². The van der Waals surface area contributed by atoms with E-state index in [0.717, 1.165) is 29.7 Å². The van der Waals surface area contributed by atoms with Crippen LogP contribution in [0.15, 0.2) is 23.3 Å². The Hall–Kier alpha value is -0.900. The van der Waals surface area contributed by atoms with E-state index in [0.29, 0.717) is 12.5 Å². The number of nitrogens with zero attached hydrogens (tertiary/aromatic N) is 2. The van der Waals surface area contributed by atoms with Crippen LogP contribution in [0.5, 0.6) is 5.88 Å². The van der Waals surface area contributed by atoms with Crippen LogP contribution >= 0.6 is 15.9 Å². The number of hydrogen-bond acceptors (Lipinski definition) is 3. The third kappa shape index (κ3) is 4.42. The first-order valence-electron chi connectivity index (χ1n) is 5.03. The lowest BCUT2D eigenvalue weighted by molar-refractivity contribution is 0.298. The molecule has 1 rings (SSSR count). The third-order valence-electron chi connectivity index (χ3n) is 1.84. The van der Waals surface area contributed by atoms with E-state index < -0.39 is 0 Å². The summed E-state index contributed by atoms with van der Waals surface area (Å²) in [5, 5.41) is 0. The van der Waals surface area contributed by atoms with Gasteiger partial charge in [-0.05, 0) is 28.8 Å². The molecule has 0 spiro atoms. The van der Waals surface area contributed by atoms with Crippen LogP contribution < -0.4 is 4.74 Å². The zero-order valence-electron chi connectivity index (χ0n) is 8.87. The summed E-state index contributed by atoms with van der Waals surface area (Å²) in [6, 6.07) is 1.78. The minimum absolute atomic E-state index is 0.637. The maximum atomic E-state index is 5.50. The molecule has 0 bridgehead atoms. The van der Waals surface area contributed by atoms with Gasteiger partial charge in [0, 0.05) is 12.5 Å². The van der Waals surface area contributed by atoms with Crippen molar-refractivity contribution < 1.29 is 4.74 Å². The lowest BCUT2D eigenvalue weighted by Crippen LogP contribution is -2.02. The van der Waals surface area contributed by atoms with Crippen molar-refractivity contribution >= 4 is 15.9 Å². The normalized spacial score (nSPS) is 10.0. The second-order valence-electron chi connectivity index (χ2n) is 3.08. The summed E-state index contributed by atoms with van der Waals surface area (Å²) in [6.45, 7) is 6.34. The summed E-state index contributed by atoms with van der Waals surface area (Å²) in [7, 11) is 0. The number of aryl methyl sites for hydroxylation is 1. The highest BCUT2D eigenvalue weighted by molar-refractivity contribution is 9.10. The number of allylic oxidation sites excluding steroid dienone is 1. The van der Waals surface area contributed by atoms with Crippen molar-refractivity contribution in [2.24, 2.45) is 0 Å². The van der Waals surface area contributed by atoms with Gasteiger partial charge in [-0.2, -0.15) is 4.98 Å². The minimum Gasteiger partial charge on any atom is -0.478 e. The first kappa shape index (κ1) is 12.2. The van der Waals surface area contributed by atoms with Gasteiger partial charge in [-0.1, -0.05) is 13.0 Å². The fraction of sp³-hybridized carbons (Fsp3) is 0.455. The van der Waals surface area contributed by atoms with Crippen molar-refractivity contribution in [3.63, 3.8) is 0 Å². The Kier molecular flexibility index (Phi) is 5.32. The Morgan fingerprint density at radius 2 is 2.33 bits per heavy atom. The number of ether oxygens (including phenoxy) is 1. The largest absolute Gasteiger partial charge is 0.478 e. The van der Waals surface area contributed by atoms with Crippen LogP contribution in [-0.2, 0) is 6.42 Å². The van der Waals surface area contributed by atoms with E-state index >= 15 is 0 Å². The smallest absolute Gasteiger partial charge is 0.217 e. The van der Waals surface area contributed by atoms with Crippen LogP contribution in [0, 0.1) is 0 Å². The molecular formula is C11H15BrN2O. The molecule has 1 aromatic heterocycles. The van der Waals surface area contributed by atoms with E-state index in [1.54, 1.807) is 6.07 Å². The molecule has 0 radical (unpaired) electrons. The second-order valence-corrected chi connectivity index (χ2v) is 3.89. The van der Waals surface area contributed by atoms with Gasteiger partial charge in [-0.25, -0.2) is 4.98 Å². The number of hydrogen-bond donors (Lipinski definition) is 0. The molecule has 0 aromatic carbocycles. The predicted molar refractivity (Wildman–Crippen MR) is 64.0 cm³/mol. The maximum Gasteiger partial charge on any atom is 0.217 e. The van der Waals surface area contributed by atoms with Gasteiger partial charge >= 0.3 is 0 Å². The summed E-state index contributed by atoms with van der Waals surface area (Å²) in [5.74, 6) is 1.43. The summed E-state index contributed by atoms with van der Waals surface area (Å²) in [6.07, 6.45) is 4.62. The summed E-state index contributed by atoms with van der Waals surface area (Å²) in [4.78, 5) is 8.47. The van der Waals surface area contributed by atoms with Crippen LogP contribution in [0.2, 0.25) is 0 Å². The van der Waals surface area contributed by atoms with E-state index in [1.807, 2.05) is 13.0 Å². The van der Waals surface area contributed by atoms with Gasteiger partial charge in [0.15, 0.2) is 0 Å². The first-order chi connectivity index (χ1) is 7.26. The summed E-state index contributed by atoms with van der Waals surface area (Å²) >= 11 is 3.33. The number of aromatic nitrogens is 2. The number of unbranched alkanes of at least 4 members (excludes halogenated alkanes) is 1. The van der Waals surface area contributed by atoms with Crippen LogP contribution in [0.1, 0.15) is 25.6 Å². The molecule has 0 aliphatic rings. The standard InChI is InChI=1S/C11H15BrN2O/c1-3-5-6-7-15-11-8-9(12)13-10(4-2)14-11/h3,8H,1,4-7H2,2H3.